The van der Waals surface area contributed by atoms with Crippen LogP contribution in [-0.2, 0) is 16.4 Å². The number of hydrogen-bond acceptors (Lipinski definition) is 4. The van der Waals surface area contributed by atoms with E-state index in [4.69, 9.17) is 9.47 Å². The monoisotopic (exact) mass is 372 g/mol. The first-order valence-corrected chi connectivity index (χ1v) is 9.91. The summed E-state index contributed by atoms with van der Waals surface area (Å²) in [6, 6.07) is 12.7. The highest BCUT2D eigenvalue weighted by Gasteiger charge is 2.23. The summed E-state index contributed by atoms with van der Waals surface area (Å²) < 4.78 is 38.0. The molecule has 0 atom stereocenters. The average molecular weight is 372 g/mol. The summed E-state index contributed by atoms with van der Waals surface area (Å²) in [5, 5.41) is 1.12. The fraction of sp³-hybridized carbons (Fsp3) is 0.263. The molecule has 0 saturated heterocycles. The molecule has 2 heterocycles. The van der Waals surface area contributed by atoms with E-state index in [-0.39, 0.29) is 4.90 Å². The maximum absolute atomic E-state index is 12.9. The van der Waals surface area contributed by atoms with Crippen LogP contribution in [0.4, 0.5) is 0 Å². The molecule has 6 nitrogen and oxygen atoms in total. The summed E-state index contributed by atoms with van der Waals surface area (Å²) >= 11 is 0. The summed E-state index contributed by atoms with van der Waals surface area (Å²) in [6.07, 6.45) is 2.57. The van der Waals surface area contributed by atoms with E-state index in [1.54, 1.807) is 19.2 Å². The third kappa shape index (κ3) is 3.04. The van der Waals surface area contributed by atoms with Gasteiger partial charge in [0.1, 0.15) is 13.2 Å². The van der Waals surface area contributed by atoms with Crippen molar-refractivity contribution in [2.75, 3.05) is 26.8 Å². The number of likely N-dealkylation sites (N-methyl/N-ethyl adjacent to an activating group) is 1. The molecule has 4 rings (SSSR count). The predicted octanol–water partition coefficient (Wildman–Crippen LogP) is 2.80. The van der Waals surface area contributed by atoms with Crippen LogP contribution in [0.1, 0.15) is 5.56 Å². The van der Waals surface area contributed by atoms with Crippen molar-refractivity contribution in [3.63, 3.8) is 0 Å². The van der Waals surface area contributed by atoms with Crippen molar-refractivity contribution in [1.82, 2.24) is 9.29 Å². The first kappa shape index (κ1) is 16.9. The first-order chi connectivity index (χ1) is 12.6. The van der Waals surface area contributed by atoms with Gasteiger partial charge < -0.3 is 14.5 Å². The molecule has 0 radical (unpaired) electrons. The topological polar surface area (TPSA) is 71.6 Å². The van der Waals surface area contributed by atoms with Gasteiger partial charge in [-0.25, -0.2) is 12.7 Å². The summed E-state index contributed by atoms with van der Waals surface area (Å²) in [4.78, 5) is 3.43. The lowest BCUT2D eigenvalue weighted by Crippen LogP contribution is -2.29. The van der Waals surface area contributed by atoms with Crippen LogP contribution >= 0.6 is 0 Å². The third-order valence-electron chi connectivity index (χ3n) is 4.59. The predicted molar refractivity (Wildman–Crippen MR) is 99.3 cm³/mol. The van der Waals surface area contributed by atoms with Gasteiger partial charge in [0.15, 0.2) is 11.5 Å². The Labute approximate surface area is 152 Å². The zero-order chi connectivity index (χ0) is 18.1. The molecule has 0 spiro atoms. The van der Waals surface area contributed by atoms with Gasteiger partial charge in [-0.3, -0.25) is 0 Å². The minimum absolute atomic E-state index is 0.211. The second-order valence-electron chi connectivity index (χ2n) is 6.24. The van der Waals surface area contributed by atoms with Crippen molar-refractivity contribution < 1.29 is 17.9 Å². The van der Waals surface area contributed by atoms with Gasteiger partial charge in [0.2, 0.25) is 10.0 Å². The number of aromatic nitrogens is 1. The average Bonchev–Trinajstić information content (AvgIpc) is 3.08. The van der Waals surface area contributed by atoms with E-state index in [0.29, 0.717) is 37.7 Å². The Balaban J connectivity index is 1.52. The fourth-order valence-corrected chi connectivity index (χ4v) is 4.29. The number of fused-ring (bicyclic) bond motifs is 2. The lowest BCUT2D eigenvalue weighted by Gasteiger charge is -2.21. The van der Waals surface area contributed by atoms with Crippen LogP contribution < -0.4 is 9.47 Å². The zero-order valence-electron chi connectivity index (χ0n) is 14.4. The quantitative estimate of drug-likeness (QED) is 0.748. The summed E-state index contributed by atoms with van der Waals surface area (Å²) in [7, 11) is -1.99. The van der Waals surface area contributed by atoms with Crippen molar-refractivity contribution >= 4 is 20.9 Å². The molecule has 7 heteroatoms. The van der Waals surface area contributed by atoms with E-state index in [9.17, 15) is 8.42 Å². The Bertz CT molecular complexity index is 1040. The van der Waals surface area contributed by atoms with Crippen LogP contribution in [0.5, 0.6) is 11.5 Å². The maximum Gasteiger partial charge on any atom is 0.242 e. The molecule has 136 valence electrons. The van der Waals surface area contributed by atoms with Crippen molar-refractivity contribution in [2.24, 2.45) is 0 Å². The van der Waals surface area contributed by atoms with E-state index in [0.717, 1.165) is 16.5 Å². The third-order valence-corrected chi connectivity index (χ3v) is 6.45. The van der Waals surface area contributed by atoms with Crippen LogP contribution in [0.2, 0.25) is 0 Å². The molecule has 26 heavy (non-hydrogen) atoms. The lowest BCUT2D eigenvalue weighted by molar-refractivity contribution is 0.171. The number of nitrogens with zero attached hydrogens (tertiary/aromatic N) is 1. The standard InChI is InChI=1S/C19H20N2O4S/c1-21(9-8-14-13-20-17-5-3-2-4-16(14)17)26(22,23)15-6-7-18-19(12-15)25-11-10-24-18/h2-7,12-13,20H,8-11H2,1H3. The molecule has 0 unspecified atom stereocenters. The minimum atomic E-state index is -3.59. The van der Waals surface area contributed by atoms with Gasteiger partial charge in [-0.15, -0.1) is 0 Å². The van der Waals surface area contributed by atoms with E-state index >= 15 is 0 Å². The number of sulfonamides is 1. The number of aromatic amines is 1. The van der Waals surface area contributed by atoms with Gasteiger partial charge in [0.05, 0.1) is 4.90 Å². The smallest absolute Gasteiger partial charge is 0.242 e. The van der Waals surface area contributed by atoms with Gasteiger partial charge in [-0.05, 0) is 30.2 Å². The number of nitrogens with one attached hydrogen (secondary N) is 1. The normalized spacial score (nSPS) is 14.1. The van der Waals surface area contributed by atoms with E-state index in [2.05, 4.69) is 4.98 Å². The van der Waals surface area contributed by atoms with Crippen LogP contribution in [0.15, 0.2) is 53.6 Å². The Morgan fingerprint density at radius 1 is 1.08 bits per heavy atom. The maximum atomic E-state index is 12.9. The Kier molecular flexibility index (Phi) is 4.34. The van der Waals surface area contributed by atoms with Crippen molar-refractivity contribution in [3.8, 4) is 11.5 Å². The molecular weight excluding hydrogens is 352 g/mol. The molecule has 0 amide bonds. The Hall–Kier alpha value is -2.51. The van der Waals surface area contributed by atoms with Gasteiger partial charge >= 0.3 is 0 Å². The van der Waals surface area contributed by atoms with Gasteiger partial charge in [-0.1, -0.05) is 18.2 Å². The SMILES string of the molecule is CN(CCc1c[nH]c2ccccc12)S(=O)(=O)c1ccc2c(c1)OCCO2. The highest BCUT2D eigenvalue weighted by molar-refractivity contribution is 7.89. The summed E-state index contributed by atoms with van der Waals surface area (Å²) in [6.45, 7) is 1.29. The molecule has 1 N–H and O–H groups in total. The summed E-state index contributed by atoms with van der Waals surface area (Å²) in [5.74, 6) is 1.05. The molecule has 1 aliphatic heterocycles. The van der Waals surface area contributed by atoms with Crippen molar-refractivity contribution in [1.29, 1.82) is 0 Å². The van der Waals surface area contributed by atoms with E-state index in [1.807, 2.05) is 30.5 Å². The van der Waals surface area contributed by atoms with Crippen LogP contribution in [-0.4, -0.2) is 44.5 Å². The molecule has 1 aliphatic rings. The van der Waals surface area contributed by atoms with Gasteiger partial charge in [0, 0.05) is 36.8 Å². The number of benzene rings is 2. The van der Waals surface area contributed by atoms with E-state index in [1.165, 1.54) is 10.4 Å². The Morgan fingerprint density at radius 3 is 2.69 bits per heavy atom. The second-order valence-corrected chi connectivity index (χ2v) is 8.29. The molecule has 0 aliphatic carbocycles. The van der Waals surface area contributed by atoms with Gasteiger partial charge in [0.25, 0.3) is 0 Å². The van der Waals surface area contributed by atoms with Crippen molar-refractivity contribution in [2.45, 2.75) is 11.3 Å². The highest BCUT2D eigenvalue weighted by atomic mass is 32.2. The van der Waals surface area contributed by atoms with Crippen LogP contribution in [0.25, 0.3) is 10.9 Å². The molecule has 0 fully saturated rings. The van der Waals surface area contributed by atoms with Crippen LogP contribution in [0.3, 0.4) is 0 Å². The van der Waals surface area contributed by atoms with Crippen molar-refractivity contribution in [3.05, 3.63) is 54.2 Å². The molecule has 2 aromatic carbocycles. The highest BCUT2D eigenvalue weighted by Crippen LogP contribution is 2.33. The van der Waals surface area contributed by atoms with E-state index < -0.39 is 10.0 Å². The molecular formula is C19H20N2O4S. The minimum Gasteiger partial charge on any atom is -0.486 e. The lowest BCUT2D eigenvalue weighted by atomic mass is 10.1. The fourth-order valence-electron chi connectivity index (χ4n) is 3.10. The molecule has 3 aromatic rings. The molecule has 0 saturated carbocycles. The largest absolute Gasteiger partial charge is 0.486 e. The Morgan fingerprint density at radius 2 is 1.85 bits per heavy atom. The number of H-pyrrole nitrogens is 1. The number of para-hydroxylation sites is 1. The summed E-state index contributed by atoms with van der Waals surface area (Å²) in [5.41, 5.74) is 2.16. The second kappa shape index (κ2) is 6.66. The van der Waals surface area contributed by atoms with Gasteiger partial charge in [-0.2, -0.15) is 0 Å². The first-order valence-electron chi connectivity index (χ1n) is 8.47. The zero-order valence-corrected chi connectivity index (χ0v) is 15.3. The number of hydrogen-bond donors (Lipinski definition) is 1. The number of ether oxygens (including phenoxy) is 2. The van der Waals surface area contributed by atoms with Crippen LogP contribution in [0, 0.1) is 0 Å². The molecule has 0 bridgehead atoms. The number of rotatable bonds is 5. The molecule has 1 aromatic heterocycles.